The summed E-state index contributed by atoms with van der Waals surface area (Å²) >= 11 is 5.30. The molecule has 2 amide bonds. The van der Waals surface area contributed by atoms with Gasteiger partial charge in [-0.1, -0.05) is 26.7 Å². The summed E-state index contributed by atoms with van der Waals surface area (Å²) in [5.74, 6) is 0.820. The summed E-state index contributed by atoms with van der Waals surface area (Å²) in [6, 6.07) is 4.90. The SMILES string of the molecule is COc1cc(C(=O)NNC(=S)N[C@H]2CCC[C@@H](C)[C@H]2C)ccc1OCC(N)=O. The minimum atomic E-state index is -0.601. The van der Waals surface area contributed by atoms with E-state index < -0.39 is 5.91 Å². The molecule has 0 spiro atoms. The van der Waals surface area contributed by atoms with Crippen LogP contribution in [0, 0.1) is 11.8 Å². The van der Waals surface area contributed by atoms with Gasteiger partial charge in [-0.05, 0) is 48.7 Å². The van der Waals surface area contributed by atoms with Gasteiger partial charge < -0.3 is 20.5 Å². The van der Waals surface area contributed by atoms with E-state index in [1.807, 2.05) is 0 Å². The summed E-state index contributed by atoms with van der Waals surface area (Å²) in [7, 11) is 1.44. The molecule has 0 aliphatic heterocycles. The smallest absolute Gasteiger partial charge is 0.269 e. The summed E-state index contributed by atoms with van der Waals surface area (Å²) in [5, 5.41) is 3.66. The van der Waals surface area contributed by atoms with E-state index in [4.69, 9.17) is 27.4 Å². The number of amides is 2. The van der Waals surface area contributed by atoms with Crippen molar-refractivity contribution in [1.82, 2.24) is 16.2 Å². The molecule has 1 aromatic rings. The Morgan fingerprint density at radius 3 is 2.64 bits per heavy atom. The van der Waals surface area contributed by atoms with Crippen LogP contribution in [0.25, 0.3) is 0 Å². The maximum Gasteiger partial charge on any atom is 0.269 e. The zero-order valence-corrected chi connectivity index (χ0v) is 17.2. The van der Waals surface area contributed by atoms with Crippen LogP contribution in [0.1, 0.15) is 43.5 Å². The quantitative estimate of drug-likeness (QED) is 0.416. The van der Waals surface area contributed by atoms with Gasteiger partial charge in [-0.2, -0.15) is 0 Å². The van der Waals surface area contributed by atoms with Crippen molar-refractivity contribution in [3.8, 4) is 11.5 Å². The molecule has 0 heterocycles. The first-order chi connectivity index (χ1) is 13.3. The largest absolute Gasteiger partial charge is 0.493 e. The molecular formula is C19H28N4O4S. The van der Waals surface area contributed by atoms with Gasteiger partial charge in [0.2, 0.25) is 0 Å². The fraction of sp³-hybridized carbons (Fsp3) is 0.526. The second-order valence-electron chi connectivity index (χ2n) is 7.05. The predicted octanol–water partition coefficient (Wildman–Crippen LogP) is 1.49. The monoisotopic (exact) mass is 408 g/mol. The standard InChI is InChI=1S/C19H28N4O4S/c1-11-5-4-6-14(12(11)2)21-19(28)23-22-18(25)13-7-8-15(16(9-13)26-3)27-10-17(20)24/h7-9,11-12,14H,4-6,10H2,1-3H3,(H2,20,24)(H,22,25)(H2,21,23,28)/t11-,12-,14+/m1/s1. The Balaban J connectivity index is 1.89. The van der Waals surface area contributed by atoms with Crippen LogP contribution < -0.4 is 31.4 Å². The molecule has 0 aromatic heterocycles. The predicted molar refractivity (Wildman–Crippen MR) is 110 cm³/mol. The molecule has 154 valence electrons. The van der Waals surface area contributed by atoms with Crippen LogP contribution in [0.5, 0.6) is 11.5 Å². The van der Waals surface area contributed by atoms with E-state index in [9.17, 15) is 9.59 Å². The van der Waals surface area contributed by atoms with Crippen molar-refractivity contribution in [2.45, 2.75) is 39.2 Å². The lowest BCUT2D eigenvalue weighted by Crippen LogP contribution is -2.52. The van der Waals surface area contributed by atoms with Gasteiger partial charge in [-0.15, -0.1) is 0 Å². The van der Waals surface area contributed by atoms with Crippen molar-refractivity contribution in [2.24, 2.45) is 17.6 Å². The minimum absolute atomic E-state index is 0.276. The zero-order valence-electron chi connectivity index (χ0n) is 16.4. The lowest BCUT2D eigenvalue weighted by molar-refractivity contribution is -0.119. The number of methoxy groups -OCH3 is 1. The highest BCUT2D eigenvalue weighted by molar-refractivity contribution is 7.80. The summed E-state index contributed by atoms with van der Waals surface area (Å²) < 4.78 is 10.4. The summed E-state index contributed by atoms with van der Waals surface area (Å²) in [4.78, 5) is 23.2. The Morgan fingerprint density at radius 2 is 1.96 bits per heavy atom. The van der Waals surface area contributed by atoms with Crippen LogP contribution in [-0.4, -0.2) is 36.7 Å². The van der Waals surface area contributed by atoms with Gasteiger partial charge in [0, 0.05) is 11.6 Å². The van der Waals surface area contributed by atoms with Crippen molar-refractivity contribution < 1.29 is 19.1 Å². The number of carbonyl (C=O) groups is 2. The first-order valence-corrected chi connectivity index (χ1v) is 9.68. The fourth-order valence-corrected chi connectivity index (χ4v) is 3.46. The molecule has 0 bridgehead atoms. The van der Waals surface area contributed by atoms with Gasteiger partial charge in [0.1, 0.15) is 0 Å². The van der Waals surface area contributed by atoms with Crippen LogP contribution in [0.4, 0.5) is 0 Å². The molecule has 0 saturated heterocycles. The van der Waals surface area contributed by atoms with Crippen LogP contribution in [0.15, 0.2) is 18.2 Å². The van der Waals surface area contributed by atoms with E-state index in [-0.39, 0.29) is 12.5 Å². The molecule has 1 saturated carbocycles. The van der Waals surface area contributed by atoms with Gasteiger partial charge in [0.15, 0.2) is 23.2 Å². The Hall–Kier alpha value is -2.55. The third-order valence-electron chi connectivity index (χ3n) is 5.11. The van der Waals surface area contributed by atoms with Crippen LogP contribution in [-0.2, 0) is 4.79 Å². The van der Waals surface area contributed by atoms with Gasteiger partial charge in [-0.3, -0.25) is 20.4 Å². The molecule has 1 aliphatic carbocycles. The van der Waals surface area contributed by atoms with Crippen molar-refractivity contribution in [3.05, 3.63) is 23.8 Å². The Labute approximate surface area is 170 Å². The normalized spacial score (nSPS) is 21.3. The van der Waals surface area contributed by atoms with E-state index in [2.05, 4.69) is 30.0 Å². The lowest BCUT2D eigenvalue weighted by Gasteiger charge is -2.35. The lowest BCUT2D eigenvalue weighted by atomic mass is 9.78. The maximum atomic E-state index is 12.4. The number of hydrogen-bond donors (Lipinski definition) is 4. The summed E-state index contributed by atoms with van der Waals surface area (Å²) in [5.41, 5.74) is 10.7. The first kappa shape index (κ1) is 21.7. The first-order valence-electron chi connectivity index (χ1n) is 9.27. The number of hydrogen-bond acceptors (Lipinski definition) is 5. The molecular weight excluding hydrogens is 380 g/mol. The number of carbonyl (C=O) groups excluding carboxylic acids is 2. The molecule has 0 unspecified atom stereocenters. The van der Waals surface area contributed by atoms with Gasteiger partial charge >= 0.3 is 0 Å². The van der Waals surface area contributed by atoms with Crippen LogP contribution >= 0.6 is 12.2 Å². The van der Waals surface area contributed by atoms with E-state index in [0.29, 0.717) is 40.1 Å². The maximum absolute atomic E-state index is 12.4. The number of hydrazine groups is 1. The number of benzene rings is 1. The van der Waals surface area contributed by atoms with Crippen molar-refractivity contribution in [3.63, 3.8) is 0 Å². The van der Waals surface area contributed by atoms with Crippen molar-refractivity contribution >= 4 is 29.1 Å². The molecule has 2 rings (SSSR count). The van der Waals surface area contributed by atoms with E-state index >= 15 is 0 Å². The number of thiocarbonyl (C=S) groups is 1. The molecule has 3 atom stereocenters. The van der Waals surface area contributed by atoms with E-state index in [1.54, 1.807) is 12.1 Å². The van der Waals surface area contributed by atoms with E-state index in [0.717, 1.165) is 6.42 Å². The molecule has 5 N–H and O–H groups in total. The molecule has 1 aliphatic rings. The molecule has 0 radical (unpaired) electrons. The van der Waals surface area contributed by atoms with Crippen LogP contribution in [0.3, 0.4) is 0 Å². The van der Waals surface area contributed by atoms with Gasteiger partial charge in [0.25, 0.3) is 11.8 Å². The summed E-state index contributed by atoms with van der Waals surface area (Å²) in [6.07, 6.45) is 3.46. The van der Waals surface area contributed by atoms with E-state index in [1.165, 1.54) is 26.0 Å². The second kappa shape index (κ2) is 10.1. The average molecular weight is 409 g/mol. The zero-order chi connectivity index (χ0) is 20.7. The van der Waals surface area contributed by atoms with Crippen molar-refractivity contribution in [1.29, 1.82) is 0 Å². The summed E-state index contributed by atoms with van der Waals surface area (Å²) in [6.45, 7) is 4.19. The highest BCUT2D eigenvalue weighted by atomic mass is 32.1. The van der Waals surface area contributed by atoms with Crippen molar-refractivity contribution in [2.75, 3.05) is 13.7 Å². The number of rotatable bonds is 6. The third-order valence-corrected chi connectivity index (χ3v) is 5.33. The topological polar surface area (TPSA) is 115 Å². The highest BCUT2D eigenvalue weighted by Gasteiger charge is 2.27. The molecule has 9 heteroatoms. The molecule has 8 nitrogen and oxygen atoms in total. The number of primary amides is 1. The average Bonchev–Trinajstić information content (AvgIpc) is 2.67. The number of nitrogens with two attached hydrogens (primary N) is 1. The number of ether oxygens (including phenoxy) is 2. The van der Waals surface area contributed by atoms with Gasteiger partial charge in [-0.25, -0.2) is 0 Å². The molecule has 28 heavy (non-hydrogen) atoms. The number of nitrogens with one attached hydrogen (secondary N) is 3. The Bertz CT molecular complexity index is 728. The van der Waals surface area contributed by atoms with Crippen LogP contribution in [0.2, 0.25) is 0 Å². The third kappa shape index (κ3) is 5.98. The Morgan fingerprint density at radius 1 is 1.21 bits per heavy atom. The highest BCUT2D eigenvalue weighted by Crippen LogP contribution is 2.29. The Kier molecular flexibility index (Phi) is 7.86. The van der Waals surface area contributed by atoms with Gasteiger partial charge in [0.05, 0.1) is 7.11 Å². The molecule has 1 aromatic carbocycles. The fourth-order valence-electron chi connectivity index (χ4n) is 3.25. The molecule has 1 fully saturated rings. The minimum Gasteiger partial charge on any atom is -0.493 e. The second-order valence-corrected chi connectivity index (χ2v) is 7.46.